The molecule has 106 valence electrons. The molecular weight excluding hydrogens is 248 g/mol. The maximum atomic E-state index is 12.0. The molecule has 1 atom stereocenters. The molecule has 0 rings (SSSR count). The number of hydrogen-bond donors (Lipinski definition) is 1. The summed E-state index contributed by atoms with van der Waals surface area (Å²) in [7, 11) is -3.25. The SMILES string of the molecule is CCCCCCC(CCC)S(=O)(=O)NCCC#N. The second kappa shape index (κ2) is 10.3. The molecule has 0 aliphatic carbocycles. The van der Waals surface area contributed by atoms with E-state index in [4.69, 9.17) is 5.26 Å². The molecule has 0 bridgehead atoms. The van der Waals surface area contributed by atoms with Crippen LogP contribution in [0.3, 0.4) is 0 Å². The van der Waals surface area contributed by atoms with Crippen LogP contribution in [0.1, 0.15) is 65.2 Å². The first-order valence-corrected chi connectivity index (χ1v) is 8.48. The van der Waals surface area contributed by atoms with Gasteiger partial charge in [-0.15, -0.1) is 0 Å². The topological polar surface area (TPSA) is 70.0 Å². The van der Waals surface area contributed by atoms with Crippen LogP contribution in [0.5, 0.6) is 0 Å². The summed E-state index contributed by atoms with van der Waals surface area (Å²) in [5, 5.41) is 8.13. The van der Waals surface area contributed by atoms with Gasteiger partial charge in [0.2, 0.25) is 10.0 Å². The van der Waals surface area contributed by atoms with Gasteiger partial charge in [-0.05, 0) is 12.8 Å². The summed E-state index contributed by atoms with van der Waals surface area (Å²) in [6, 6.07) is 1.94. The summed E-state index contributed by atoms with van der Waals surface area (Å²) in [5.41, 5.74) is 0. The van der Waals surface area contributed by atoms with E-state index in [0.717, 1.165) is 32.1 Å². The second-order valence-corrected chi connectivity index (χ2v) is 6.65. The number of rotatable bonds is 11. The number of unbranched alkanes of at least 4 members (excludes halogenated alkanes) is 3. The maximum Gasteiger partial charge on any atom is 0.214 e. The van der Waals surface area contributed by atoms with Gasteiger partial charge in [-0.2, -0.15) is 5.26 Å². The largest absolute Gasteiger partial charge is 0.214 e. The minimum absolute atomic E-state index is 0.230. The van der Waals surface area contributed by atoms with Crippen molar-refractivity contribution in [3.05, 3.63) is 0 Å². The fourth-order valence-corrected chi connectivity index (χ4v) is 3.59. The van der Waals surface area contributed by atoms with Crippen LogP contribution in [0.15, 0.2) is 0 Å². The van der Waals surface area contributed by atoms with Crippen LogP contribution in [0.4, 0.5) is 0 Å². The van der Waals surface area contributed by atoms with E-state index < -0.39 is 10.0 Å². The monoisotopic (exact) mass is 274 g/mol. The molecule has 4 nitrogen and oxygen atoms in total. The lowest BCUT2D eigenvalue weighted by molar-refractivity contribution is 0.527. The standard InChI is InChI=1S/C13H26N2O2S/c1-3-5-6-7-10-13(9-4-2)18(16,17)15-12-8-11-14/h13,15H,3-10,12H2,1-2H3. The summed E-state index contributed by atoms with van der Waals surface area (Å²) >= 11 is 0. The molecule has 1 N–H and O–H groups in total. The predicted molar refractivity (Wildman–Crippen MR) is 74.6 cm³/mol. The summed E-state index contributed by atoms with van der Waals surface area (Å²) in [6.45, 7) is 4.38. The molecule has 0 fully saturated rings. The Hall–Kier alpha value is -0.600. The highest BCUT2D eigenvalue weighted by atomic mass is 32.2. The lowest BCUT2D eigenvalue weighted by Crippen LogP contribution is -2.34. The molecule has 0 saturated heterocycles. The van der Waals surface area contributed by atoms with Crippen molar-refractivity contribution >= 4 is 10.0 Å². The van der Waals surface area contributed by atoms with Crippen LogP contribution >= 0.6 is 0 Å². The van der Waals surface area contributed by atoms with Gasteiger partial charge in [-0.25, -0.2) is 13.1 Å². The molecular formula is C13H26N2O2S. The molecule has 5 heteroatoms. The van der Waals surface area contributed by atoms with Crippen molar-refractivity contribution in [3.8, 4) is 6.07 Å². The van der Waals surface area contributed by atoms with Gasteiger partial charge in [0, 0.05) is 13.0 Å². The van der Waals surface area contributed by atoms with Gasteiger partial charge in [0.15, 0.2) is 0 Å². The normalized spacial score (nSPS) is 13.2. The van der Waals surface area contributed by atoms with E-state index in [1.165, 1.54) is 6.42 Å². The van der Waals surface area contributed by atoms with E-state index in [1.807, 2.05) is 13.0 Å². The molecule has 0 radical (unpaired) electrons. The second-order valence-electron chi connectivity index (χ2n) is 4.61. The minimum Gasteiger partial charge on any atom is -0.214 e. The van der Waals surface area contributed by atoms with Crippen molar-refractivity contribution in [1.29, 1.82) is 5.26 Å². The van der Waals surface area contributed by atoms with Gasteiger partial charge >= 0.3 is 0 Å². The minimum atomic E-state index is -3.25. The maximum absolute atomic E-state index is 12.0. The number of nitrogens with zero attached hydrogens (tertiary/aromatic N) is 1. The molecule has 0 aliphatic heterocycles. The summed E-state index contributed by atoms with van der Waals surface area (Å²) in [6.07, 6.45) is 6.93. The average molecular weight is 274 g/mol. The van der Waals surface area contributed by atoms with Gasteiger partial charge in [0.1, 0.15) is 0 Å². The smallest absolute Gasteiger partial charge is 0.214 e. The Labute approximate surface area is 112 Å². The zero-order valence-electron chi connectivity index (χ0n) is 11.6. The van der Waals surface area contributed by atoms with Gasteiger partial charge in [-0.1, -0.05) is 46.0 Å². The van der Waals surface area contributed by atoms with E-state index in [9.17, 15) is 8.42 Å². The lowest BCUT2D eigenvalue weighted by atomic mass is 10.1. The Balaban J connectivity index is 4.24. The summed E-state index contributed by atoms with van der Waals surface area (Å²) < 4.78 is 26.6. The molecule has 0 aromatic heterocycles. The van der Waals surface area contributed by atoms with E-state index in [2.05, 4.69) is 11.6 Å². The summed E-state index contributed by atoms with van der Waals surface area (Å²) in [4.78, 5) is 0. The average Bonchev–Trinajstić information content (AvgIpc) is 2.33. The lowest BCUT2D eigenvalue weighted by Gasteiger charge is -2.17. The molecule has 0 spiro atoms. The highest BCUT2D eigenvalue weighted by Gasteiger charge is 2.23. The third-order valence-corrected chi connectivity index (χ3v) is 4.92. The van der Waals surface area contributed by atoms with E-state index in [0.29, 0.717) is 6.42 Å². The highest BCUT2D eigenvalue weighted by Crippen LogP contribution is 2.16. The molecule has 0 aliphatic rings. The number of sulfonamides is 1. The predicted octanol–water partition coefficient (Wildman–Crippen LogP) is 2.96. The number of hydrogen-bond acceptors (Lipinski definition) is 3. The fraction of sp³-hybridized carbons (Fsp3) is 0.923. The Morgan fingerprint density at radius 2 is 1.83 bits per heavy atom. The molecule has 1 unspecified atom stereocenters. The first-order valence-electron chi connectivity index (χ1n) is 6.93. The molecule has 0 aromatic carbocycles. The van der Waals surface area contributed by atoms with Crippen LogP contribution in [-0.4, -0.2) is 20.2 Å². The van der Waals surface area contributed by atoms with Crippen LogP contribution < -0.4 is 4.72 Å². The molecule has 18 heavy (non-hydrogen) atoms. The third-order valence-electron chi connectivity index (χ3n) is 2.97. The highest BCUT2D eigenvalue weighted by molar-refractivity contribution is 7.90. The quantitative estimate of drug-likeness (QED) is 0.589. The van der Waals surface area contributed by atoms with E-state index >= 15 is 0 Å². The van der Waals surface area contributed by atoms with Crippen molar-refractivity contribution in [2.45, 2.75) is 70.5 Å². The molecule has 0 aromatic rings. The van der Waals surface area contributed by atoms with Crippen molar-refractivity contribution in [3.63, 3.8) is 0 Å². The van der Waals surface area contributed by atoms with Crippen LogP contribution in [0.25, 0.3) is 0 Å². The number of nitrogens with one attached hydrogen (secondary N) is 1. The Bertz CT molecular complexity index is 333. The number of nitriles is 1. The van der Waals surface area contributed by atoms with Gasteiger partial charge < -0.3 is 0 Å². The van der Waals surface area contributed by atoms with Gasteiger partial charge in [-0.3, -0.25) is 0 Å². The van der Waals surface area contributed by atoms with Crippen molar-refractivity contribution in [2.75, 3.05) is 6.54 Å². The third kappa shape index (κ3) is 7.67. The first-order chi connectivity index (χ1) is 8.58. The van der Waals surface area contributed by atoms with Crippen molar-refractivity contribution in [1.82, 2.24) is 4.72 Å². The molecule has 0 amide bonds. The Morgan fingerprint density at radius 1 is 1.11 bits per heavy atom. The summed E-state index contributed by atoms with van der Waals surface area (Å²) in [5.74, 6) is 0. The Kier molecular flexibility index (Phi) is 9.99. The van der Waals surface area contributed by atoms with Crippen LogP contribution in [0.2, 0.25) is 0 Å². The molecule has 0 heterocycles. The van der Waals surface area contributed by atoms with Gasteiger partial charge in [0.05, 0.1) is 11.3 Å². The zero-order valence-corrected chi connectivity index (χ0v) is 12.4. The first kappa shape index (κ1) is 17.4. The van der Waals surface area contributed by atoms with E-state index in [1.54, 1.807) is 0 Å². The Morgan fingerprint density at radius 3 is 2.39 bits per heavy atom. The fourth-order valence-electron chi connectivity index (χ4n) is 1.94. The van der Waals surface area contributed by atoms with Gasteiger partial charge in [0.25, 0.3) is 0 Å². The van der Waals surface area contributed by atoms with E-state index in [-0.39, 0.29) is 18.2 Å². The van der Waals surface area contributed by atoms with Crippen molar-refractivity contribution in [2.24, 2.45) is 0 Å². The van der Waals surface area contributed by atoms with Crippen LogP contribution in [-0.2, 0) is 10.0 Å². The zero-order chi connectivity index (χ0) is 13.9. The van der Waals surface area contributed by atoms with Crippen LogP contribution in [0, 0.1) is 11.3 Å². The van der Waals surface area contributed by atoms with Crippen molar-refractivity contribution < 1.29 is 8.42 Å². The molecule has 0 saturated carbocycles.